The average Bonchev–Trinajstić information content (AvgIpc) is 3.20. The van der Waals surface area contributed by atoms with Gasteiger partial charge >= 0.3 is 11.9 Å². The maximum atomic E-state index is 15.3. The number of carbonyl (C=O) groups is 1. The summed E-state index contributed by atoms with van der Waals surface area (Å²) in [7, 11) is 0. The van der Waals surface area contributed by atoms with Gasteiger partial charge in [-0.15, -0.1) is 5.10 Å². The van der Waals surface area contributed by atoms with Crippen LogP contribution < -0.4 is 15.7 Å². The van der Waals surface area contributed by atoms with Gasteiger partial charge in [-0.25, -0.2) is 9.18 Å². The normalized spacial score (nSPS) is 14.3. The second-order valence-corrected chi connectivity index (χ2v) is 8.69. The first-order chi connectivity index (χ1) is 17.6. The number of alkyl halides is 3. The first-order valence-electron chi connectivity index (χ1n) is 11.5. The number of rotatable bonds is 5. The Kier molecular flexibility index (Phi) is 6.18. The number of amides is 1. The zero-order chi connectivity index (χ0) is 26.3. The molecule has 3 heterocycles. The van der Waals surface area contributed by atoms with E-state index in [2.05, 4.69) is 15.4 Å². The largest absolute Gasteiger partial charge is 0.480 e. The molecule has 1 amide bonds. The van der Waals surface area contributed by atoms with Crippen molar-refractivity contribution in [2.24, 2.45) is 0 Å². The first-order valence-corrected chi connectivity index (χ1v) is 11.5. The van der Waals surface area contributed by atoms with Crippen LogP contribution in [0.2, 0.25) is 0 Å². The van der Waals surface area contributed by atoms with Gasteiger partial charge in [0.15, 0.2) is 6.10 Å². The van der Waals surface area contributed by atoms with Crippen LogP contribution in [0.1, 0.15) is 35.9 Å². The highest BCUT2D eigenvalue weighted by Crippen LogP contribution is 2.31. The van der Waals surface area contributed by atoms with Crippen molar-refractivity contribution in [3.8, 4) is 11.4 Å². The molecule has 8 nitrogen and oxygen atoms in total. The summed E-state index contributed by atoms with van der Waals surface area (Å²) in [5.74, 6) is -2.01. The Morgan fingerprint density at radius 3 is 2.73 bits per heavy atom. The van der Waals surface area contributed by atoms with Crippen LogP contribution in [-0.2, 0) is 13.0 Å². The predicted molar refractivity (Wildman–Crippen MR) is 127 cm³/mol. The van der Waals surface area contributed by atoms with Gasteiger partial charge in [-0.3, -0.25) is 14.3 Å². The SMILES string of the molecule is C[C@H](Oc1cc(-n2nc3n(c2=O)CCCC3)c(F)cc1C(=O)Nc1ccc2cccnc2c1)C(F)(F)F. The van der Waals surface area contributed by atoms with Gasteiger partial charge in [-0.05, 0) is 44.0 Å². The fourth-order valence-corrected chi connectivity index (χ4v) is 4.14. The molecule has 192 valence electrons. The molecule has 0 unspecified atom stereocenters. The molecule has 1 atom stereocenters. The standard InChI is InChI=1S/C25H21F4N5O3/c1-14(25(27,28)29)37-21-13-20(34-24(36)33-10-3-2-6-22(33)32-34)18(26)12-17(21)23(35)31-16-8-7-15-5-4-9-30-19(15)11-16/h4-5,7-9,11-14H,2-3,6,10H2,1H3,(H,31,35)/t14-/m0/s1. The first kappa shape index (κ1) is 24.5. The van der Waals surface area contributed by atoms with E-state index in [1.165, 1.54) is 4.57 Å². The van der Waals surface area contributed by atoms with E-state index in [-0.39, 0.29) is 0 Å². The molecule has 4 aromatic rings. The van der Waals surface area contributed by atoms with Crippen LogP contribution in [0.3, 0.4) is 0 Å². The number of pyridine rings is 1. The summed E-state index contributed by atoms with van der Waals surface area (Å²) < 4.78 is 62.5. The second-order valence-electron chi connectivity index (χ2n) is 8.69. The monoisotopic (exact) mass is 515 g/mol. The van der Waals surface area contributed by atoms with E-state index >= 15 is 4.39 Å². The van der Waals surface area contributed by atoms with E-state index in [0.717, 1.165) is 42.0 Å². The summed E-state index contributed by atoms with van der Waals surface area (Å²) in [6.45, 7) is 1.17. The van der Waals surface area contributed by atoms with E-state index < -0.39 is 46.7 Å². The molecule has 1 aliphatic rings. The highest BCUT2D eigenvalue weighted by atomic mass is 19.4. The summed E-state index contributed by atoms with van der Waals surface area (Å²) in [6, 6.07) is 10.1. The van der Waals surface area contributed by atoms with Crippen molar-refractivity contribution < 1.29 is 27.1 Å². The smallest absolute Gasteiger partial charge is 0.425 e. The second kappa shape index (κ2) is 9.34. The van der Waals surface area contributed by atoms with Crippen molar-refractivity contribution >= 4 is 22.5 Å². The van der Waals surface area contributed by atoms with Crippen LogP contribution in [0.25, 0.3) is 16.6 Å². The van der Waals surface area contributed by atoms with Gasteiger partial charge in [-0.1, -0.05) is 12.1 Å². The lowest BCUT2D eigenvalue weighted by Gasteiger charge is -2.20. The Morgan fingerprint density at radius 1 is 1.16 bits per heavy atom. The topological polar surface area (TPSA) is 91.0 Å². The average molecular weight is 515 g/mol. The minimum Gasteiger partial charge on any atom is -0.480 e. The molecule has 5 rings (SSSR count). The highest BCUT2D eigenvalue weighted by Gasteiger charge is 2.39. The van der Waals surface area contributed by atoms with E-state index in [1.54, 1.807) is 30.5 Å². The van der Waals surface area contributed by atoms with Crippen molar-refractivity contribution in [2.75, 3.05) is 5.32 Å². The number of carbonyl (C=O) groups excluding carboxylic acids is 1. The minimum atomic E-state index is -4.75. The number of halogens is 4. The highest BCUT2D eigenvalue weighted by molar-refractivity contribution is 6.07. The number of hydrogen-bond donors (Lipinski definition) is 1. The van der Waals surface area contributed by atoms with Gasteiger partial charge in [0.1, 0.15) is 23.1 Å². The van der Waals surface area contributed by atoms with Crippen LogP contribution in [0.15, 0.2) is 53.5 Å². The number of benzene rings is 2. The van der Waals surface area contributed by atoms with Crippen LogP contribution in [-0.4, -0.2) is 37.5 Å². The molecule has 0 saturated heterocycles. The summed E-state index contributed by atoms with van der Waals surface area (Å²) in [4.78, 5) is 30.1. The zero-order valence-corrected chi connectivity index (χ0v) is 19.6. The van der Waals surface area contributed by atoms with Gasteiger partial charge in [0, 0.05) is 36.3 Å². The lowest BCUT2D eigenvalue weighted by Crippen LogP contribution is -2.32. The number of anilines is 1. The Bertz CT molecular complexity index is 1560. The molecular formula is C25H21F4N5O3. The van der Waals surface area contributed by atoms with Gasteiger partial charge in [0.25, 0.3) is 5.91 Å². The number of aryl methyl sites for hydroxylation is 1. The lowest BCUT2D eigenvalue weighted by molar-refractivity contribution is -0.189. The van der Waals surface area contributed by atoms with Crippen molar-refractivity contribution in [3.05, 3.63) is 76.4 Å². The Hall–Kier alpha value is -4.22. The third-order valence-corrected chi connectivity index (χ3v) is 6.12. The molecule has 0 radical (unpaired) electrons. The summed E-state index contributed by atoms with van der Waals surface area (Å²) in [5, 5.41) is 7.52. The van der Waals surface area contributed by atoms with E-state index in [9.17, 15) is 22.8 Å². The molecule has 12 heteroatoms. The molecule has 0 fully saturated rings. The number of nitrogens with one attached hydrogen (secondary N) is 1. The van der Waals surface area contributed by atoms with Crippen LogP contribution >= 0.6 is 0 Å². The molecule has 1 N–H and O–H groups in total. The molecule has 2 aromatic carbocycles. The molecule has 37 heavy (non-hydrogen) atoms. The summed E-state index contributed by atoms with van der Waals surface area (Å²) >= 11 is 0. The fourth-order valence-electron chi connectivity index (χ4n) is 4.14. The molecular weight excluding hydrogens is 494 g/mol. The number of hydrogen-bond acceptors (Lipinski definition) is 5. The van der Waals surface area contributed by atoms with Gasteiger partial charge in [0.2, 0.25) is 0 Å². The Labute approximate surface area is 207 Å². The quantitative estimate of drug-likeness (QED) is 0.391. The molecule has 2 aromatic heterocycles. The third-order valence-electron chi connectivity index (χ3n) is 6.12. The molecule has 1 aliphatic heterocycles. The summed E-state index contributed by atoms with van der Waals surface area (Å²) in [6.07, 6.45) is -3.42. The number of aromatic nitrogens is 4. The molecule has 0 saturated carbocycles. The van der Waals surface area contributed by atoms with Gasteiger partial charge in [-0.2, -0.15) is 17.9 Å². The zero-order valence-electron chi connectivity index (χ0n) is 19.6. The van der Waals surface area contributed by atoms with Crippen LogP contribution in [0, 0.1) is 5.82 Å². The Morgan fingerprint density at radius 2 is 1.97 bits per heavy atom. The van der Waals surface area contributed by atoms with Crippen molar-refractivity contribution in [2.45, 2.75) is 45.0 Å². The minimum absolute atomic E-state index is 0.300. The van der Waals surface area contributed by atoms with E-state index in [0.29, 0.717) is 30.0 Å². The summed E-state index contributed by atoms with van der Waals surface area (Å²) in [5.41, 5.74) is -0.636. The maximum Gasteiger partial charge on any atom is 0.425 e. The molecule has 0 bridgehead atoms. The number of nitrogens with zero attached hydrogens (tertiary/aromatic N) is 4. The maximum absolute atomic E-state index is 15.3. The molecule has 0 aliphatic carbocycles. The van der Waals surface area contributed by atoms with Gasteiger partial charge in [0.05, 0.1) is 11.1 Å². The Balaban J connectivity index is 1.55. The van der Waals surface area contributed by atoms with E-state index in [1.807, 2.05) is 6.07 Å². The van der Waals surface area contributed by atoms with Crippen LogP contribution in [0.5, 0.6) is 5.75 Å². The number of ether oxygens (including phenoxy) is 1. The van der Waals surface area contributed by atoms with Crippen molar-refractivity contribution in [3.63, 3.8) is 0 Å². The van der Waals surface area contributed by atoms with Gasteiger partial charge < -0.3 is 10.1 Å². The third kappa shape index (κ3) is 4.78. The molecule has 0 spiro atoms. The van der Waals surface area contributed by atoms with Crippen molar-refractivity contribution in [1.82, 2.24) is 19.3 Å². The predicted octanol–water partition coefficient (Wildman–Crippen LogP) is 4.64. The lowest BCUT2D eigenvalue weighted by atomic mass is 10.1. The van der Waals surface area contributed by atoms with E-state index in [4.69, 9.17) is 4.74 Å². The fraction of sp³-hybridized carbons (Fsp3) is 0.280. The number of fused-ring (bicyclic) bond motifs is 2. The van der Waals surface area contributed by atoms with Crippen molar-refractivity contribution in [1.29, 1.82) is 0 Å². The van der Waals surface area contributed by atoms with Crippen LogP contribution in [0.4, 0.5) is 23.2 Å².